The molecule has 2 rings (SSSR count). The van der Waals surface area contributed by atoms with E-state index >= 15 is 0 Å². The molecule has 1 unspecified atom stereocenters. The SMILES string of the molecule is CC1(C(=O)O)CCCCN1C(=O)Nc1ccc(Cl)cc1. The van der Waals surface area contributed by atoms with Gasteiger partial charge in [0.25, 0.3) is 0 Å². The number of hydrogen-bond acceptors (Lipinski definition) is 2. The van der Waals surface area contributed by atoms with Gasteiger partial charge in [0.05, 0.1) is 0 Å². The van der Waals surface area contributed by atoms with E-state index in [4.69, 9.17) is 11.6 Å². The number of nitrogens with zero attached hydrogens (tertiary/aromatic N) is 1. The molecule has 0 aliphatic carbocycles. The number of nitrogens with one attached hydrogen (secondary N) is 1. The second-order valence-electron chi connectivity index (χ2n) is 5.12. The molecular weight excluding hydrogens is 280 g/mol. The first-order valence-corrected chi connectivity index (χ1v) is 6.89. The van der Waals surface area contributed by atoms with Crippen molar-refractivity contribution in [3.05, 3.63) is 29.3 Å². The average Bonchev–Trinajstić information content (AvgIpc) is 2.41. The van der Waals surface area contributed by atoms with E-state index in [1.165, 1.54) is 4.90 Å². The normalized spacial score (nSPS) is 22.4. The largest absolute Gasteiger partial charge is 0.480 e. The second-order valence-corrected chi connectivity index (χ2v) is 5.56. The molecule has 1 aliphatic rings. The zero-order chi connectivity index (χ0) is 14.8. The molecule has 108 valence electrons. The van der Waals surface area contributed by atoms with E-state index in [1.807, 2.05) is 0 Å². The van der Waals surface area contributed by atoms with Gasteiger partial charge in [0.1, 0.15) is 5.54 Å². The Balaban J connectivity index is 2.14. The summed E-state index contributed by atoms with van der Waals surface area (Å²) in [4.78, 5) is 25.1. The molecule has 2 N–H and O–H groups in total. The second kappa shape index (κ2) is 5.71. The number of piperidine rings is 1. The Labute approximate surface area is 122 Å². The summed E-state index contributed by atoms with van der Waals surface area (Å²) < 4.78 is 0. The quantitative estimate of drug-likeness (QED) is 0.880. The van der Waals surface area contributed by atoms with Crippen molar-refractivity contribution in [1.29, 1.82) is 0 Å². The van der Waals surface area contributed by atoms with Crippen LogP contribution in [0.3, 0.4) is 0 Å². The summed E-state index contributed by atoms with van der Waals surface area (Å²) in [5.74, 6) is -0.969. The first-order valence-electron chi connectivity index (χ1n) is 6.51. The molecule has 1 aliphatic heterocycles. The monoisotopic (exact) mass is 296 g/mol. The number of amides is 2. The summed E-state index contributed by atoms with van der Waals surface area (Å²) in [5.41, 5.74) is -0.549. The van der Waals surface area contributed by atoms with Gasteiger partial charge in [-0.2, -0.15) is 0 Å². The van der Waals surface area contributed by atoms with E-state index in [0.717, 1.165) is 12.8 Å². The molecule has 1 aromatic carbocycles. The van der Waals surface area contributed by atoms with Gasteiger partial charge in [-0.05, 0) is 50.5 Å². The lowest BCUT2D eigenvalue weighted by molar-refractivity contribution is -0.150. The number of likely N-dealkylation sites (tertiary alicyclic amines) is 1. The summed E-state index contributed by atoms with van der Waals surface area (Å²) in [6, 6.07) is 6.31. The first kappa shape index (κ1) is 14.7. The number of urea groups is 1. The Morgan fingerprint density at radius 1 is 1.30 bits per heavy atom. The highest BCUT2D eigenvalue weighted by Crippen LogP contribution is 2.29. The molecule has 20 heavy (non-hydrogen) atoms. The van der Waals surface area contributed by atoms with Gasteiger partial charge >= 0.3 is 12.0 Å². The topological polar surface area (TPSA) is 69.6 Å². The minimum atomic E-state index is -1.14. The van der Waals surface area contributed by atoms with Gasteiger partial charge in [0.15, 0.2) is 0 Å². The van der Waals surface area contributed by atoms with Gasteiger partial charge in [-0.1, -0.05) is 11.6 Å². The number of carbonyl (C=O) groups excluding carboxylic acids is 1. The van der Waals surface area contributed by atoms with E-state index in [2.05, 4.69) is 5.32 Å². The summed E-state index contributed by atoms with van der Waals surface area (Å²) in [6.45, 7) is 2.04. The van der Waals surface area contributed by atoms with Gasteiger partial charge in [0, 0.05) is 17.3 Å². The van der Waals surface area contributed by atoms with Crippen molar-refractivity contribution in [2.45, 2.75) is 31.7 Å². The lowest BCUT2D eigenvalue weighted by atomic mass is 9.89. The Hall–Kier alpha value is -1.75. The van der Waals surface area contributed by atoms with Crippen LogP contribution in [0.5, 0.6) is 0 Å². The number of carboxylic acid groups (broad SMARTS) is 1. The predicted molar refractivity (Wildman–Crippen MR) is 77.1 cm³/mol. The number of anilines is 1. The predicted octanol–water partition coefficient (Wildman–Crippen LogP) is 3.20. The molecular formula is C14H17ClN2O3. The molecule has 5 nitrogen and oxygen atoms in total. The minimum absolute atomic E-state index is 0.392. The number of halogens is 1. The third kappa shape index (κ3) is 2.88. The molecule has 0 spiro atoms. The molecule has 2 amide bonds. The van der Waals surface area contributed by atoms with Crippen LogP contribution in [0.25, 0.3) is 0 Å². The summed E-state index contributed by atoms with van der Waals surface area (Å²) in [5, 5.41) is 12.7. The fourth-order valence-corrected chi connectivity index (χ4v) is 2.52. The van der Waals surface area contributed by atoms with Crippen molar-refractivity contribution in [3.8, 4) is 0 Å². The number of benzene rings is 1. The summed E-state index contributed by atoms with van der Waals surface area (Å²) in [6.07, 6.45) is 2.10. The molecule has 1 saturated heterocycles. The van der Waals surface area contributed by atoms with Crippen LogP contribution in [-0.2, 0) is 4.79 Å². The summed E-state index contributed by atoms with van der Waals surface area (Å²) >= 11 is 5.78. The van der Waals surface area contributed by atoms with E-state index in [1.54, 1.807) is 31.2 Å². The van der Waals surface area contributed by atoms with E-state index < -0.39 is 17.5 Å². The van der Waals surface area contributed by atoms with Gasteiger partial charge in [0.2, 0.25) is 0 Å². The average molecular weight is 297 g/mol. The molecule has 6 heteroatoms. The zero-order valence-corrected chi connectivity index (χ0v) is 12.0. The van der Waals surface area contributed by atoms with E-state index in [9.17, 15) is 14.7 Å². The lowest BCUT2D eigenvalue weighted by Gasteiger charge is -2.41. The van der Waals surface area contributed by atoms with E-state index in [0.29, 0.717) is 23.7 Å². The van der Waals surface area contributed by atoms with Crippen LogP contribution in [-0.4, -0.2) is 34.1 Å². The smallest absolute Gasteiger partial charge is 0.329 e. The van der Waals surface area contributed by atoms with E-state index in [-0.39, 0.29) is 0 Å². The molecule has 0 radical (unpaired) electrons. The standard InChI is InChI=1S/C14H17ClN2O3/c1-14(12(18)19)8-2-3-9-17(14)13(20)16-11-6-4-10(15)5-7-11/h4-7H,2-3,8-9H2,1H3,(H,16,20)(H,18,19). The highest BCUT2D eigenvalue weighted by Gasteiger charge is 2.43. The molecule has 1 fully saturated rings. The zero-order valence-electron chi connectivity index (χ0n) is 11.2. The highest BCUT2D eigenvalue weighted by molar-refractivity contribution is 6.30. The Kier molecular flexibility index (Phi) is 4.18. The lowest BCUT2D eigenvalue weighted by Crippen LogP contribution is -2.58. The molecule has 1 aromatic rings. The maximum absolute atomic E-state index is 12.3. The van der Waals surface area contributed by atoms with Crippen molar-refractivity contribution in [3.63, 3.8) is 0 Å². The van der Waals surface area contributed by atoms with Crippen molar-refractivity contribution < 1.29 is 14.7 Å². The number of carbonyl (C=O) groups is 2. The minimum Gasteiger partial charge on any atom is -0.480 e. The van der Waals surface area contributed by atoms with Crippen molar-refractivity contribution in [2.24, 2.45) is 0 Å². The van der Waals surface area contributed by atoms with Gasteiger partial charge in [-0.15, -0.1) is 0 Å². The maximum atomic E-state index is 12.3. The summed E-state index contributed by atoms with van der Waals surface area (Å²) in [7, 11) is 0. The van der Waals surface area contributed by atoms with Crippen LogP contribution < -0.4 is 5.32 Å². The number of carboxylic acids is 1. The number of hydrogen-bond donors (Lipinski definition) is 2. The van der Waals surface area contributed by atoms with Crippen molar-refractivity contribution in [1.82, 2.24) is 4.90 Å². The molecule has 1 heterocycles. The fourth-order valence-electron chi connectivity index (χ4n) is 2.39. The van der Waals surface area contributed by atoms with Crippen molar-refractivity contribution in [2.75, 3.05) is 11.9 Å². The van der Waals surface area contributed by atoms with Gasteiger partial charge in [-0.25, -0.2) is 9.59 Å². The van der Waals surface area contributed by atoms with Crippen molar-refractivity contribution >= 4 is 29.3 Å². The first-order chi connectivity index (χ1) is 9.43. The van der Waals surface area contributed by atoms with Crippen LogP contribution in [0.2, 0.25) is 5.02 Å². The van der Waals surface area contributed by atoms with Crippen LogP contribution in [0.4, 0.5) is 10.5 Å². The molecule has 0 bridgehead atoms. The maximum Gasteiger partial charge on any atom is 0.329 e. The fraction of sp³-hybridized carbons (Fsp3) is 0.429. The Morgan fingerprint density at radius 3 is 2.55 bits per heavy atom. The number of rotatable bonds is 2. The Morgan fingerprint density at radius 2 is 1.95 bits per heavy atom. The molecule has 0 aromatic heterocycles. The van der Waals surface area contributed by atoms with Crippen LogP contribution in [0.15, 0.2) is 24.3 Å². The highest BCUT2D eigenvalue weighted by atomic mass is 35.5. The van der Waals surface area contributed by atoms with Crippen LogP contribution >= 0.6 is 11.6 Å². The van der Waals surface area contributed by atoms with Crippen LogP contribution in [0, 0.1) is 0 Å². The van der Waals surface area contributed by atoms with Gasteiger partial charge < -0.3 is 15.3 Å². The third-order valence-electron chi connectivity index (χ3n) is 3.69. The van der Waals surface area contributed by atoms with Crippen LogP contribution in [0.1, 0.15) is 26.2 Å². The third-order valence-corrected chi connectivity index (χ3v) is 3.94. The van der Waals surface area contributed by atoms with Gasteiger partial charge in [-0.3, -0.25) is 0 Å². The Bertz CT molecular complexity index is 518. The molecule has 1 atom stereocenters. The molecule has 0 saturated carbocycles. The number of aliphatic carboxylic acids is 1.